The summed E-state index contributed by atoms with van der Waals surface area (Å²) < 4.78 is 14.5. The van der Waals surface area contributed by atoms with Gasteiger partial charge in [0.05, 0.1) is 52.4 Å². The number of rotatable bonds is 0. The lowest BCUT2D eigenvalue weighted by molar-refractivity contribution is 0.866. The van der Waals surface area contributed by atoms with Gasteiger partial charge in [-0.15, -0.1) is 0 Å². The molecule has 0 fully saturated rings. The monoisotopic (exact) mass is 1460 g/mol. The third-order valence-corrected chi connectivity index (χ3v) is 14.8. The number of nitrogens with zero attached hydrogens (tertiary/aromatic N) is 23. The fraction of sp³-hybridized carbons (Fsp3) is 0. The van der Waals surface area contributed by atoms with E-state index in [0.717, 1.165) is 27.6 Å². The Morgan fingerprint density at radius 3 is 1.25 bits per heavy atom. The smallest absolute Gasteiger partial charge is 0.281 e. The molecular weight excluding hydrogens is 1410 g/mol. The lowest BCUT2D eigenvalue weighted by atomic mass is 10.4. The molecule has 33 nitrogen and oxygen atoms in total. The van der Waals surface area contributed by atoms with Gasteiger partial charge in [0.1, 0.15) is 29.6 Å². The van der Waals surface area contributed by atoms with Crippen molar-refractivity contribution in [2.45, 2.75) is 0 Å². The molecule has 0 unspecified atom stereocenters. The van der Waals surface area contributed by atoms with E-state index in [1.165, 1.54) is 134 Å². The molecule has 0 aliphatic rings. The highest BCUT2D eigenvalue weighted by molar-refractivity contribution is 5.47. The molecule has 0 amide bonds. The van der Waals surface area contributed by atoms with E-state index in [1.807, 2.05) is 60.7 Å². The molecule has 540 valence electrons. The Morgan fingerprint density at radius 1 is 0.191 bits per heavy atom. The van der Waals surface area contributed by atoms with E-state index in [9.17, 15) is 47.9 Å². The molecule has 20 rings (SSSR count). The van der Waals surface area contributed by atoms with Crippen molar-refractivity contribution in [3.05, 3.63) is 453 Å². The Hall–Kier alpha value is -16.6. The molecule has 0 atom stereocenters. The molecule has 20 aromatic heterocycles. The van der Waals surface area contributed by atoms with Crippen molar-refractivity contribution in [1.29, 1.82) is 0 Å². The second-order valence-electron chi connectivity index (χ2n) is 21.8. The molecule has 0 spiro atoms. The fourth-order valence-electron chi connectivity index (χ4n) is 9.64. The van der Waals surface area contributed by atoms with Gasteiger partial charge in [-0.05, 0) is 109 Å². The van der Waals surface area contributed by atoms with E-state index in [2.05, 4.69) is 65.0 Å². The summed E-state index contributed by atoms with van der Waals surface area (Å²) in [6.07, 6.45) is 37.8. The third kappa shape index (κ3) is 20.0. The maximum atomic E-state index is 11.1. The first-order valence-electron chi connectivity index (χ1n) is 32.6. The third-order valence-electron chi connectivity index (χ3n) is 14.8. The van der Waals surface area contributed by atoms with Crippen LogP contribution in [-0.4, -0.2) is 109 Å². The van der Waals surface area contributed by atoms with E-state index in [1.54, 1.807) is 199 Å². The van der Waals surface area contributed by atoms with Crippen LogP contribution in [0.4, 0.5) is 0 Å². The van der Waals surface area contributed by atoms with Gasteiger partial charge < -0.3 is 0 Å². The fourth-order valence-corrected chi connectivity index (χ4v) is 9.64. The molecule has 0 N–H and O–H groups in total. The first-order chi connectivity index (χ1) is 53.8. The molecule has 0 aliphatic heterocycles. The lowest BCUT2D eigenvalue weighted by Crippen LogP contribution is -2.14. The minimum atomic E-state index is -0.233. The molecule has 20 heterocycles. The van der Waals surface area contributed by atoms with Crippen LogP contribution in [0, 0.1) is 0 Å². The van der Waals surface area contributed by atoms with Crippen molar-refractivity contribution in [3.8, 4) is 0 Å². The summed E-state index contributed by atoms with van der Waals surface area (Å²) in [4.78, 5) is 153. The maximum absolute atomic E-state index is 11.1. The molecule has 0 saturated carbocycles. The van der Waals surface area contributed by atoms with Crippen molar-refractivity contribution in [2.24, 2.45) is 0 Å². The highest BCUT2D eigenvalue weighted by Gasteiger charge is 1.99. The van der Waals surface area contributed by atoms with E-state index in [-0.39, 0.29) is 55.7 Å². The molecule has 0 aliphatic carbocycles. The van der Waals surface area contributed by atoms with E-state index in [0.29, 0.717) is 28.2 Å². The molecule has 0 radical (unpaired) electrons. The lowest BCUT2D eigenvalue weighted by Gasteiger charge is -1.95. The molecule has 0 aromatic carbocycles. The van der Waals surface area contributed by atoms with E-state index in [4.69, 9.17) is 0 Å². The Balaban J connectivity index is 0.000000121. The SMILES string of the molecule is O=c1cccc2cccnn12.O=c1cccc2ccncn12.O=c1cccc2cnccn12.O=c1cccc2ncccn12.O=c1ccnc2ccccn12.O=c1ccnc2cccnn12.O=c1ccnc2ccncn12.O=c1ccnc2cnccn12.O=c1cncc2ccccn12.O=c1nccc2ccccn12. The van der Waals surface area contributed by atoms with Crippen LogP contribution in [0.1, 0.15) is 0 Å². The van der Waals surface area contributed by atoms with E-state index < -0.39 is 0 Å². The zero-order valence-corrected chi connectivity index (χ0v) is 57.3. The van der Waals surface area contributed by atoms with Crippen LogP contribution in [0.3, 0.4) is 0 Å². The van der Waals surface area contributed by atoms with Crippen molar-refractivity contribution < 1.29 is 0 Å². The molecule has 0 bridgehead atoms. The molecular formula is C77H57N23O10. The Morgan fingerprint density at radius 2 is 0.600 bits per heavy atom. The predicted molar refractivity (Wildman–Crippen MR) is 408 cm³/mol. The quantitative estimate of drug-likeness (QED) is 0.190. The largest absolute Gasteiger partial charge is 0.352 e. The standard InChI is InChI=1S/7C8H6N2O.3C7H5N3O/c11-8-5-1-3-7-4-2-6-9-10(7)8;11-8-4-1-3-7-9-5-2-6-10(7)8;11-8-3-1-2-7-6-9-4-5-10(7)8;11-8-3-1-2-7-4-5-9-6-10(7)8;11-8-4-5-9-7-3-1-2-6-10(7)8;11-8-9-5-4-7-3-1-2-6-10(7)8;11-8-6-9-5-7-3-1-2-4-10(7)8;11-7-2-4-9-6-1-3-8-5-10(6)7;11-7-1-2-9-6-5-8-3-4-10(6)7;11-7-3-5-8-6-2-1-4-9-10(6)7/h7*1-6H;3*1-5H. The van der Waals surface area contributed by atoms with Crippen LogP contribution in [0.5, 0.6) is 0 Å². The summed E-state index contributed by atoms with van der Waals surface area (Å²) in [7, 11) is 0. The zero-order valence-electron chi connectivity index (χ0n) is 57.3. The van der Waals surface area contributed by atoms with Crippen LogP contribution in [0.15, 0.2) is 397 Å². The van der Waals surface area contributed by atoms with E-state index >= 15 is 0 Å². The van der Waals surface area contributed by atoms with Crippen molar-refractivity contribution in [1.82, 2.24) is 109 Å². The minimum Gasteiger partial charge on any atom is -0.281 e. The van der Waals surface area contributed by atoms with Gasteiger partial charge in [-0.25, -0.2) is 44.7 Å². The second-order valence-corrected chi connectivity index (χ2v) is 21.8. The molecule has 33 heteroatoms. The summed E-state index contributed by atoms with van der Waals surface area (Å²) >= 11 is 0. The maximum Gasteiger partial charge on any atom is 0.352 e. The van der Waals surface area contributed by atoms with Gasteiger partial charge >= 0.3 is 5.69 Å². The van der Waals surface area contributed by atoms with Crippen LogP contribution >= 0.6 is 0 Å². The predicted octanol–water partition coefficient (Wildman–Crippen LogP) is 5.13. The Labute approximate surface area is 615 Å². The normalized spacial score (nSPS) is 10.2. The number of aromatic nitrogens is 23. The van der Waals surface area contributed by atoms with Crippen LogP contribution < -0.4 is 55.7 Å². The summed E-state index contributed by atoms with van der Waals surface area (Å²) in [5, 5.41) is 7.71. The topological polar surface area (TPSA) is 382 Å². The van der Waals surface area contributed by atoms with Gasteiger partial charge in [0.15, 0.2) is 11.3 Å². The number of hydrogen-bond donors (Lipinski definition) is 0. The summed E-state index contributed by atoms with van der Waals surface area (Å²) in [5.74, 6) is 0. The second kappa shape index (κ2) is 37.5. The Bertz CT molecular complexity index is 5700. The number of pyridine rings is 7. The molecule has 20 aromatic rings. The van der Waals surface area contributed by atoms with Crippen molar-refractivity contribution in [2.75, 3.05) is 0 Å². The van der Waals surface area contributed by atoms with Gasteiger partial charge in [0.2, 0.25) is 0 Å². The minimum absolute atomic E-state index is 0.0232. The van der Waals surface area contributed by atoms with Gasteiger partial charge in [-0.2, -0.15) is 19.2 Å². The zero-order chi connectivity index (χ0) is 76.8. The molecule has 110 heavy (non-hydrogen) atoms. The number of fused-ring (bicyclic) bond motifs is 10. The first-order valence-corrected chi connectivity index (χ1v) is 32.6. The number of hydrogen-bond acceptors (Lipinski definition) is 23. The highest BCUT2D eigenvalue weighted by Crippen LogP contribution is 2.01. The summed E-state index contributed by atoms with van der Waals surface area (Å²) in [6, 6.07) is 56.5. The summed E-state index contributed by atoms with van der Waals surface area (Å²) in [5.41, 5.74) is 6.38. The average molecular weight is 1460 g/mol. The van der Waals surface area contributed by atoms with Gasteiger partial charge in [0.25, 0.3) is 50.0 Å². The summed E-state index contributed by atoms with van der Waals surface area (Å²) in [6.45, 7) is 0. The van der Waals surface area contributed by atoms with Crippen molar-refractivity contribution >= 4 is 55.8 Å². The van der Waals surface area contributed by atoms with Gasteiger partial charge in [-0.3, -0.25) is 93.3 Å². The van der Waals surface area contributed by atoms with Gasteiger partial charge in [-0.1, -0.05) is 42.5 Å². The van der Waals surface area contributed by atoms with Crippen LogP contribution in [0.25, 0.3) is 55.8 Å². The van der Waals surface area contributed by atoms with Crippen molar-refractivity contribution in [3.63, 3.8) is 0 Å². The van der Waals surface area contributed by atoms with Crippen LogP contribution in [0.2, 0.25) is 0 Å². The van der Waals surface area contributed by atoms with Crippen LogP contribution in [-0.2, 0) is 0 Å². The molecule has 0 saturated heterocycles. The average Bonchev–Trinajstić information content (AvgIpc) is 0.956. The first kappa shape index (κ1) is 74.6. The van der Waals surface area contributed by atoms with Gasteiger partial charge in [0, 0.05) is 160 Å². The Kier molecular flexibility index (Phi) is 25.4. The highest BCUT2D eigenvalue weighted by atomic mass is 16.2.